The van der Waals surface area contributed by atoms with Gasteiger partial charge in [-0.2, -0.15) is 5.26 Å². The van der Waals surface area contributed by atoms with Crippen LogP contribution in [0, 0.1) is 11.3 Å². The van der Waals surface area contributed by atoms with Gasteiger partial charge in [0.25, 0.3) is 0 Å². The number of fused-ring (bicyclic) bond motifs is 1. The third-order valence-corrected chi connectivity index (χ3v) is 4.24. The Kier molecular flexibility index (Phi) is 6.10. The quantitative estimate of drug-likeness (QED) is 0.688. The molecule has 0 bridgehead atoms. The van der Waals surface area contributed by atoms with Crippen LogP contribution in [0.5, 0.6) is 0 Å². The molecule has 0 unspecified atom stereocenters. The van der Waals surface area contributed by atoms with E-state index in [0.717, 1.165) is 15.9 Å². The first-order valence-electron chi connectivity index (χ1n) is 7.00. The van der Waals surface area contributed by atoms with Gasteiger partial charge in [-0.25, -0.2) is 4.98 Å². The first kappa shape index (κ1) is 16.6. The predicted molar refractivity (Wildman–Crippen MR) is 85.8 cm³/mol. The Labute approximate surface area is 133 Å². The zero-order chi connectivity index (χ0) is 15.9. The summed E-state index contributed by atoms with van der Waals surface area (Å²) in [5.41, 5.74) is 1.70. The topological polar surface area (TPSA) is 98.4 Å². The number of anilines is 1. The first-order chi connectivity index (χ1) is 10.6. The summed E-state index contributed by atoms with van der Waals surface area (Å²) in [6.45, 7) is 0.681. The number of nitriles is 1. The van der Waals surface area contributed by atoms with Crippen LogP contribution in [0.25, 0.3) is 10.2 Å². The Morgan fingerprint density at radius 1 is 1.45 bits per heavy atom. The lowest BCUT2D eigenvalue weighted by atomic mass is 10.2. The minimum absolute atomic E-state index is 0.283. The smallest absolute Gasteiger partial charge is 0.123 e. The van der Waals surface area contributed by atoms with Crippen molar-refractivity contribution in [1.82, 2.24) is 4.98 Å². The fourth-order valence-corrected chi connectivity index (χ4v) is 3.03. The summed E-state index contributed by atoms with van der Waals surface area (Å²) in [5, 5.41) is 31.9. The van der Waals surface area contributed by atoms with Gasteiger partial charge >= 0.3 is 0 Å². The number of aromatic nitrogens is 1. The number of ether oxygens (including phenoxy) is 1. The largest absolute Gasteiger partial charge is 0.389 e. The van der Waals surface area contributed by atoms with Crippen molar-refractivity contribution in [2.45, 2.75) is 25.0 Å². The molecular weight excluding hydrogens is 302 g/mol. The summed E-state index contributed by atoms with van der Waals surface area (Å²) in [7, 11) is 1.55. The Bertz CT molecular complexity index is 653. The van der Waals surface area contributed by atoms with Crippen LogP contribution in [-0.4, -0.2) is 41.6 Å². The molecule has 3 N–H and O–H groups in total. The van der Waals surface area contributed by atoms with Gasteiger partial charge in [0.15, 0.2) is 0 Å². The second kappa shape index (κ2) is 8.06. The Morgan fingerprint density at radius 2 is 2.27 bits per heavy atom. The van der Waals surface area contributed by atoms with Crippen molar-refractivity contribution >= 4 is 27.2 Å². The van der Waals surface area contributed by atoms with E-state index in [9.17, 15) is 10.2 Å². The van der Waals surface area contributed by atoms with Gasteiger partial charge in [-0.3, -0.25) is 0 Å². The molecule has 22 heavy (non-hydrogen) atoms. The average molecular weight is 321 g/mol. The zero-order valence-electron chi connectivity index (χ0n) is 12.3. The van der Waals surface area contributed by atoms with Crippen molar-refractivity contribution in [1.29, 1.82) is 5.26 Å². The minimum atomic E-state index is -0.697. The van der Waals surface area contributed by atoms with Crippen molar-refractivity contribution in [2.75, 3.05) is 25.6 Å². The van der Waals surface area contributed by atoms with Gasteiger partial charge in [0.2, 0.25) is 0 Å². The summed E-state index contributed by atoms with van der Waals surface area (Å²) in [5.74, 6) is 0. The third-order valence-electron chi connectivity index (χ3n) is 3.12. The van der Waals surface area contributed by atoms with Gasteiger partial charge in [-0.15, -0.1) is 11.3 Å². The van der Waals surface area contributed by atoms with E-state index in [0.29, 0.717) is 24.4 Å². The van der Waals surface area contributed by atoms with Crippen molar-refractivity contribution in [3.8, 4) is 6.07 Å². The van der Waals surface area contributed by atoms with Crippen LogP contribution in [-0.2, 0) is 4.74 Å². The lowest BCUT2D eigenvalue weighted by Crippen LogP contribution is -2.24. The number of aliphatic hydroxyl groups excluding tert-OH is 2. The molecule has 0 amide bonds. The van der Waals surface area contributed by atoms with Crippen molar-refractivity contribution in [2.24, 2.45) is 0 Å². The van der Waals surface area contributed by atoms with E-state index in [1.165, 1.54) is 11.3 Å². The van der Waals surface area contributed by atoms with E-state index in [2.05, 4.69) is 10.3 Å². The maximum Gasteiger partial charge on any atom is 0.123 e. The van der Waals surface area contributed by atoms with Crippen LogP contribution < -0.4 is 5.32 Å². The molecule has 0 aliphatic rings. The van der Waals surface area contributed by atoms with Crippen LogP contribution in [0.15, 0.2) is 18.2 Å². The molecule has 0 fully saturated rings. The van der Waals surface area contributed by atoms with E-state index in [4.69, 9.17) is 10.00 Å². The molecule has 6 nitrogen and oxygen atoms in total. The SMILES string of the molecule is COC[C@H](O)CNc1ccc2nc([C@@H](O)CCC#N)sc2c1. The maximum atomic E-state index is 9.99. The molecule has 0 aliphatic carbocycles. The molecule has 2 aromatic rings. The Morgan fingerprint density at radius 3 is 3.00 bits per heavy atom. The third kappa shape index (κ3) is 4.39. The molecule has 0 saturated carbocycles. The number of thiazole rings is 1. The predicted octanol–water partition coefficient (Wildman–Crippen LogP) is 2.05. The average Bonchev–Trinajstić information content (AvgIpc) is 2.94. The molecule has 0 aliphatic heterocycles. The molecule has 0 radical (unpaired) electrons. The minimum Gasteiger partial charge on any atom is -0.389 e. The molecule has 2 atom stereocenters. The molecular formula is C15H19N3O3S. The van der Waals surface area contributed by atoms with Gasteiger partial charge in [0.05, 0.1) is 29.0 Å². The number of methoxy groups -OCH3 is 1. The highest BCUT2D eigenvalue weighted by Gasteiger charge is 2.13. The van der Waals surface area contributed by atoms with Gasteiger partial charge in [-0.05, 0) is 24.6 Å². The molecule has 1 aromatic heterocycles. The highest BCUT2D eigenvalue weighted by Crippen LogP contribution is 2.30. The van der Waals surface area contributed by atoms with E-state index in [1.54, 1.807) is 7.11 Å². The second-order valence-electron chi connectivity index (χ2n) is 4.94. The number of hydrogen-bond donors (Lipinski definition) is 3. The lowest BCUT2D eigenvalue weighted by molar-refractivity contribution is 0.0727. The van der Waals surface area contributed by atoms with Crippen LogP contribution in [0.4, 0.5) is 5.69 Å². The summed E-state index contributed by atoms with van der Waals surface area (Å²) in [6, 6.07) is 7.71. The number of nitrogens with zero attached hydrogens (tertiary/aromatic N) is 2. The highest BCUT2D eigenvalue weighted by molar-refractivity contribution is 7.18. The summed E-state index contributed by atoms with van der Waals surface area (Å²) >= 11 is 1.42. The molecule has 1 heterocycles. The van der Waals surface area contributed by atoms with Crippen LogP contribution in [0.3, 0.4) is 0 Å². The highest BCUT2D eigenvalue weighted by atomic mass is 32.1. The van der Waals surface area contributed by atoms with Crippen molar-refractivity contribution in [3.63, 3.8) is 0 Å². The van der Waals surface area contributed by atoms with Crippen LogP contribution in [0.1, 0.15) is 24.0 Å². The van der Waals surface area contributed by atoms with Crippen LogP contribution >= 0.6 is 11.3 Å². The number of hydrogen-bond acceptors (Lipinski definition) is 7. The fourth-order valence-electron chi connectivity index (χ4n) is 2.01. The normalized spacial score (nSPS) is 13.7. The Balaban J connectivity index is 2.05. The van der Waals surface area contributed by atoms with Gasteiger partial charge < -0.3 is 20.3 Å². The van der Waals surface area contributed by atoms with Crippen LogP contribution in [0.2, 0.25) is 0 Å². The van der Waals surface area contributed by atoms with E-state index >= 15 is 0 Å². The van der Waals surface area contributed by atoms with E-state index in [1.807, 2.05) is 24.3 Å². The zero-order valence-corrected chi connectivity index (χ0v) is 13.1. The number of aliphatic hydroxyl groups is 2. The Hall–Kier alpha value is -1.72. The number of benzene rings is 1. The molecule has 0 saturated heterocycles. The molecule has 7 heteroatoms. The molecule has 1 aromatic carbocycles. The summed E-state index contributed by atoms with van der Waals surface area (Å²) in [4.78, 5) is 4.39. The van der Waals surface area contributed by atoms with Crippen molar-refractivity contribution < 1.29 is 14.9 Å². The second-order valence-corrected chi connectivity index (χ2v) is 6.00. The summed E-state index contributed by atoms with van der Waals surface area (Å²) in [6.07, 6.45) is -0.561. The lowest BCUT2D eigenvalue weighted by Gasteiger charge is -2.11. The van der Waals surface area contributed by atoms with Crippen molar-refractivity contribution in [3.05, 3.63) is 23.2 Å². The van der Waals surface area contributed by atoms with Gasteiger partial charge in [0, 0.05) is 25.8 Å². The molecule has 0 spiro atoms. The van der Waals surface area contributed by atoms with Gasteiger partial charge in [-0.1, -0.05) is 0 Å². The first-order valence-corrected chi connectivity index (χ1v) is 7.82. The number of rotatable bonds is 8. The number of nitrogens with one attached hydrogen (secondary N) is 1. The van der Waals surface area contributed by atoms with E-state index in [-0.39, 0.29) is 6.61 Å². The monoisotopic (exact) mass is 321 g/mol. The maximum absolute atomic E-state index is 9.99. The van der Waals surface area contributed by atoms with Gasteiger partial charge in [0.1, 0.15) is 11.1 Å². The standard InChI is InChI=1S/C15H19N3O3S/c1-21-9-11(19)8-17-10-4-5-12-14(7-10)22-15(18-12)13(20)3-2-6-16/h4-5,7,11,13,17,19-20H,2-3,8-9H2,1H3/t11-,13+/m1/s1. The summed E-state index contributed by atoms with van der Waals surface area (Å²) < 4.78 is 5.83. The van der Waals surface area contributed by atoms with E-state index < -0.39 is 12.2 Å². The molecule has 118 valence electrons. The fraction of sp³-hybridized carbons (Fsp3) is 0.467. The molecule has 2 rings (SSSR count).